The smallest absolute Gasteiger partial charge is 0.303 e. The Morgan fingerprint density at radius 2 is 1.82 bits per heavy atom. The van der Waals surface area contributed by atoms with E-state index in [2.05, 4.69) is 0 Å². The molecule has 0 aliphatic carbocycles. The van der Waals surface area contributed by atoms with Gasteiger partial charge in [0.15, 0.2) is 0 Å². The lowest BCUT2D eigenvalue weighted by atomic mass is 9.81. The van der Waals surface area contributed by atoms with Crippen molar-refractivity contribution in [3.05, 3.63) is 0 Å². The van der Waals surface area contributed by atoms with E-state index in [1.54, 1.807) is 13.8 Å². The summed E-state index contributed by atoms with van der Waals surface area (Å²) in [4.78, 5) is 11.9. The summed E-state index contributed by atoms with van der Waals surface area (Å²) in [5.74, 6) is -0.142. The minimum atomic E-state index is -3.59. The summed E-state index contributed by atoms with van der Waals surface area (Å²) in [6, 6.07) is 0. The third-order valence-electron chi connectivity index (χ3n) is 3.00. The second-order valence-electron chi connectivity index (χ2n) is 6.02. The van der Waals surface area contributed by atoms with E-state index in [4.69, 9.17) is 9.05 Å². The lowest BCUT2D eigenvalue weighted by Gasteiger charge is -2.43. The molecule has 1 fully saturated rings. The van der Waals surface area contributed by atoms with Gasteiger partial charge in [-0.25, -0.2) is 0 Å². The highest BCUT2D eigenvalue weighted by atomic mass is 31.2. The van der Waals surface area contributed by atoms with Crippen LogP contribution in [0, 0.1) is 17.3 Å². The minimum absolute atomic E-state index is 0.196. The standard InChI is InChI=1S/C12H23O4P/c1-8(2)10-12(5,6)7-15-17(14,16-10)11(13)9(3)4/h8-10H,7H2,1-6H3. The minimum Gasteiger partial charge on any atom is -0.303 e. The van der Waals surface area contributed by atoms with Crippen LogP contribution in [-0.2, 0) is 18.4 Å². The zero-order valence-electron chi connectivity index (χ0n) is 11.5. The number of hydrogen-bond acceptors (Lipinski definition) is 4. The van der Waals surface area contributed by atoms with Gasteiger partial charge in [-0.15, -0.1) is 0 Å². The molecule has 5 heteroatoms. The summed E-state index contributed by atoms with van der Waals surface area (Å²) in [6.45, 7) is 11.7. The summed E-state index contributed by atoms with van der Waals surface area (Å²) in [5, 5.41) is 0. The molecule has 1 heterocycles. The maximum Gasteiger partial charge on any atom is 0.397 e. The molecule has 0 aromatic heterocycles. The summed E-state index contributed by atoms with van der Waals surface area (Å²) >= 11 is 0. The van der Waals surface area contributed by atoms with Gasteiger partial charge in [-0.1, -0.05) is 41.5 Å². The van der Waals surface area contributed by atoms with Crippen LogP contribution in [0.3, 0.4) is 0 Å². The molecule has 17 heavy (non-hydrogen) atoms. The van der Waals surface area contributed by atoms with Gasteiger partial charge in [-0.3, -0.25) is 13.9 Å². The average Bonchev–Trinajstić information content (AvgIpc) is 2.20. The molecule has 0 saturated carbocycles. The molecule has 0 spiro atoms. The third kappa shape index (κ3) is 2.98. The topological polar surface area (TPSA) is 52.6 Å². The summed E-state index contributed by atoms with van der Waals surface area (Å²) in [6.07, 6.45) is -0.218. The van der Waals surface area contributed by atoms with Gasteiger partial charge in [0.2, 0.25) is 5.52 Å². The first-order valence-corrected chi connectivity index (χ1v) is 7.62. The molecular weight excluding hydrogens is 239 g/mol. The number of rotatable bonds is 3. The van der Waals surface area contributed by atoms with Gasteiger partial charge in [0.05, 0.1) is 12.7 Å². The highest BCUT2D eigenvalue weighted by Gasteiger charge is 2.49. The Kier molecular flexibility index (Phi) is 4.23. The first-order chi connectivity index (χ1) is 7.60. The Labute approximate surface area is 104 Å². The molecule has 2 unspecified atom stereocenters. The molecule has 0 bridgehead atoms. The molecule has 1 aliphatic rings. The van der Waals surface area contributed by atoms with E-state index in [1.807, 2.05) is 27.7 Å². The predicted octanol–water partition coefficient (Wildman–Crippen LogP) is 3.46. The highest BCUT2D eigenvalue weighted by Crippen LogP contribution is 2.59. The molecule has 1 saturated heterocycles. The van der Waals surface area contributed by atoms with E-state index in [0.717, 1.165) is 0 Å². The average molecular weight is 262 g/mol. The molecule has 1 rings (SSSR count). The molecule has 0 aromatic rings. The molecule has 2 atom stereocenters. The van der Waals surface area contributed by atoms with Crippen LogP contribution in [0.15, 0.2) is 0 Å². The van der Waals surface area contributed by atoms with Crippen LogP contribution in [-0.4, -0.2) is 18.2 Å². The van der Waals surface area contributed by atoms with Crippen molar-refractivity contribution in [1.29, 1.82) is 0 Å². The third-order valence-corrected chi connectivity index (χ3v) is 5.03. The number of carbonyl (C=O) groups is 1. The van der Waals surface area contributed by atoms with E-state index in [9.17, 15) is 9.36 Å². The second-order valence-corrected chi connectivity index (χ2v) is 7.93. The normalized spacial score (nSPS) is 33.1. The van der Waals surface area contributed by atoms with Gasteiger partial charge in [0, 0.05) is 11.3 Å². The SMILES string of the molecule is CC(C)C(=O)P1(=O)OCC(C)(C)C(C(C)C)O1. The highest BCUT2D eigenvalue weighted by molar-refractivity contribution is 7.71. The van der Waals surface area contributed by atoms with Crippen molar-refractivity contribution < 1.29 is 18.4 Å². The van der Waals surface area contributed by atoms with Crippen molar-refractivity contribution >= 4 is 13.1 Å². The van der Waals surface area contributed by atoms with E-state index in [-0.39, 0.29) is 23.4 Å². The maximum atomic E-state index is 12.4. The summed E-state index contributed by atoms with van der Waals surface area (Å²) in [5.41, 5.74) is -0.641. The maximum absolute atomic E-state index is 12.4. The fourth-order valence-electron chi connectivity index (χ4n) is 2.11. The van der Waals surface area contributed by atoms with Crippen molar-refractivity contribution in [2.45, 2.75) is 47.6 Å². The van der Waals surface area contributed by atoms with Crippen LogP contribution < -0.4 is 0 Å². The van der Waals surface area contributed by atoms with Crippen LogP contribution in [0.25, 0.3) is 0 Å². The first kappa shape index (κ1) is 14.9. The summed E-state index contributed by atoms with van der Waals surface area (Å²) in [7, 11) is -3.59. The van der Waals surface area contributed by atoms with E-state index >= 15 is 0 Å². The fraction of sp³-hybridized carbons (Fsp3) is 0.917. The van der Waals surface area contributed by atoms with Crippen LogP contribution in [0.2, 0.25) is 0 Å². The Morgan fingerprint density at radius 3 is 2.24 bits per heavy atom. The van der Waals surface area contributed by atoms with Gasteiger partial charge in [0.25, 0.3) is 0 Å². The quantitative estimate of drug-likeness (QED) is 0.731. The monoisotopic (exact) mass is 262 g/mol. The zero-order chi connectivity index (χ0) is 13.4. The van der Waals surface area contributed by atoms with Gasteiger partial charge in [0.1, 0.15) is 0 Å². The number of carbonyl (C=O) groups excluding carboxylic acids is 1. The van der Waals surface area contributed by atoms with Gasteiger partial charge < -0.3 is 4.52 Å². The van der Waals surface area contributed by atoms with Crippen LogP contribution >= 0.6 is 7.60 Å². The summed E-state index contributed by atoms with van der Waals surface area (Å²) < 4.78 is 23.2. The first-order valence-electron chi connectivity index (χ1n) is 6.07. The van der Waals surface area contributed by atoms with Crippen molar-refractivity contribution in [3.63, 3.8) is 0 Å². The molecule has 0 radical (unpaired) electrons. The lowest BCUT2D eigenvalue weighted by molar-refractivity contribution is -0.120. The van der Waals surface area contributed by atoms with E-state index in [0.29, 0.717) is 6.61 Å². The fourth-order valence-corrected chi connectivity index (χ4v) is 4.37. The Hall–Kier alpha value is -0.180. The van der Waals surface area contributed by atoms with Gasteiger partial charge >= 0.3 is 7.60 Å². The Morgan fingerprint density at radius 1 is 1.29 bits per heavy atom. The van der Waals surface area contributed by atoms with Crippen molar-refractivity contribution in [3.8, 4) is 0 Å². The number of hydrogen-bond donors (Lipinski definition) is 0. The Balaban J connectivity index is 2.96. The molecule has 0 aromatic carbocycles. The second kappa shape index (κ2) is 4.83. The van der Waals surface area contributed by atoms with Crippen molar-refractivity contribution in [2.24, 2.45) is 17.3 Å². The zero-order valence-corrected chi connectivity index (χ0v) is 12.4. The molecular formula is C12H23O4P. The van der Waals surface area contributed by atoms with Crippen LogP contribution in [0.1, 0.15) is 41.5 Å². The van der Waals surface area contributed by atoms with E-state index in [1.165, 1.54) is 0 Å². The van der Waals surface area contributed by atoms with Crippen LogP contribution in [0.5, 0.6) is 0 Å². The van der Waals surface area contributed by atoms with Crippen molar-refractivity contribution in [1.82, 2.24) is 0 Å². The predicted molar refractivity (Wildman–Crippen MR) is 66.9 cm³/mol. The van der Waals surface area contributed by atoms with Crippen LogP contribution in [0.4, 0.5) is 0 Å². The molecule has 0 amide bonds. The van der Waals surface area contributed by atoms with Crippen molar-refractivity contribution in [2.75, 3.05) is 6.61 Å². The van der Waals surface area contributed by atoms with Gasteiger partial charge in [-0.05, 0) is 5.92 Å². The molecule has 0 N–H and O–H groups in total. The Bertz CT molecular complexity index is 346. The molecule has 4 nitrogen and oxygen atoms in total. The molecule has 100 valence electrons. The molecule has 1 aliphatic heterocycles. The van der Waals surface area contributed by atoms with E-state index < -0.39 is 13.1 Å². The van der Waals surface area contributed by atoms with Gasteiger partial charge in [-0.2, -0.15) is 0 Å². The largest absolute Gasteiger partial charge is 0.397 e. The lowest BCUT2D eigenvalue weighted by Crippen LogP contribution is -2.43.